The molecule has 2 N–H and O–H groups in total. The standard InChI is InChI=1S/C28H30N2O4/c1-32-21-11-9-20(10-12-21)23(24-18-30-25-7-5-4-6-22(24)25)17-28(31)29-15-14-19-8-13-26(33-2)27(16-19)34-3/h4-13,16,18,23,30H,14-15,17H2,1-3H3,(H,29,31). The highest BCUT2D eigenvalue weighted by atomic mass is 16.5. The fraction of sp³-hybridized carbons (Fsp3) is 0.250. The highest BCUT2D eigenvalue weighted by molar-refractivity contribution is 5.86. The minimum absolute atomic E-state index is 0.00609. The number of rotatable bonds is 10. The van der Waals surface area contributed by atoms with Crippen LogP contribution in [0.5, 0.6) is 17.2 Å². The molecule has 1 unspecified atom stereocenters. The third-order valence-corrected chi connectivity index (χ3v) is 6.09. The van der Waals surface area contributed by atoms with E-state index in [0.29, 0.717) is 30.9 Å². The Labute approximate surface area is 199 Å². The molecule has 0 bridgehead atoms. The molecule has 1 aromatic heterocycles. The first-order valence-corrected chi connectivity index (χ1v) is 11.3. The van der Waals surface area contributed by atoms with Crippen LogP contribution in [0, 0.1) is 0 Å². The number of amides is 1. The van der Waals surface area contributed by atoms with Crippen LogP contribution in [0.1, 0.15) is 29.0 Å². The summed E-state index contributed by atoms with van der Waals surface area (Å²) in [5.74, 6) is 2.09. The van der Waals surface area contributed by atoms with Gasteiger partial charge in [-0.15, -0.1) is 0 Å². The number of H-pyrrole nitrogens is 1. The number of benzene rings is 3. The molecule has 0 spiro atoms. The van der Waals surface area contributed by atoms with Gasteiger partial charge in [0.05, 0.1) is 21.3 Å². The molecule has 0 saturated carbocycles. The molecule has 1 heterocycles. The van der Waals surface area contributed by atoms with Gasteiger partial charge in [0.2, 0.25) is 5.91 Å². The Morgan fingerprint density at radius 3 is 2.41 bits per heavy atom. The van der Waals surface area contributed by atoms with Gasteiger partial charge in [-0.2, -0.15) is 0 Å². The van der Waals surface area contributed by atoms with Crippen molar-refractivity contribution >= 4 is 16.8 Å². The van der Waals surface area contributed by atoms with Crippen LogP contribution in [0.15, 0.2) is 72.9 Å². The van der Waals surface area contributed by atoms with Crippen molar-refractivity contribution in [1.29, 1.82) is 0 Å². The number of para-hydroxylation sites is 1. The van der Waals surface area contributed by atoms with E-state index in [-0.39, 0.29) is 11.8 Å². The second-order valence-corrected chi connectivity index (χ2v) is 8.11. The smallest absolute Gasteiger partial charge is 0.220 e. The van der Waals surface area contributed by atoms with Crippen molar-refractivity contribution in [2.75, 3.05) is 27.9 Å². The van der Waals surface area contributed by atoms with Crippen molar-refractivity contribution in [3.05, 3.63) is 89.6 Å². The summed E-state index contributed by atoms with van der Waals surface area (Å²) in [6.45, 7) is 0.539. The van der Waals surface area contributed by atoms with Crippen LogP contribution < -0.4 is 19.5 Å². The quantitative estimate of drug-likeness (QED) is 0.348. The molecule has 0 aliphatic rings. The summed E-state index contributed by atoms with van der Waals surface area (Å²) in [6.07, 6.45) is 3.06. The van der Waals surface area contributed by atoms with Gasteiger partial charge in [-0.1, -0.05) is 36.4 Å². The van der Waals surface area contributed by atoms with Gasteiger partial charge in [-0.05, 0) is 53.4 Å². The number of methoxy groups -OCH3 is 3. The van der Waals surface area contributed by atoms with E-state index >= 15 is 0 Å². The minimum atomic E-state index is -0.0804. The molecule has 1 amide bonds. The maximum atomic E-state index is 13.0. The summed E-state index contributed by atoms with van der Waals surface area (Å²) in [7, 11) is 4.89. The first-order chi connectivity index (χ1) is 16.6. The third kappa shape index (κ3) is 5.17. The zero-order valence-electron chi connectivity index (χ0n) is 19.8. The molecule has 0 saturated heterocycles. The van der Waals surface area contributed by atoms with E-state index in [2.05, 4.69) is 16.4 Å². The number of carbonyl (C=O) groups is 1. The Morgan fingerprint density at radius 2 is 1.68 bits per heavy atom. The monoisotopic (exact) mass is 458 g/mol. The fourth-order valence-electron chi connectivity index (χ4n) is 4.27. The largest absolute Gasteiger partial charge is 0.497 e. The second kappa shape index (κ2) is 10.8. The van der Waals surface area contributed by atoms with Crippen LogP contribution in [0.2, 0.25) is 0 Å². The highest BCUT2D eigenvalue weighted by Gasteiger charge is 2.21. The van der Waals surface area contributed by atoms with E-state index < -0.39 is 0 Å². The molecular formula is C28H30N2O4. The summed E-state index contributed by atoms with van der Waals surface area (Å²) in [5.41, 5.74) is 4.31. The lowest BCUT2D eigenvalue weighted by Gasteiger charge is -2.18. The summed E-state index contributed by atoms with van der Waals surface area (Å²) in [6, 6.07) is 21.9. The van der Waals surface area contributed by atoms with Crippen molar-refractivity contribution in [3.8, 4) is 17.2 Å². The fourth-order valence-corrected chi connectivity index (χ4v) is 4.27. The molecule has 0 aliphatic heterocycles. The number of aromatic amines is 1. The predicted octanol–water partition coefficient (Wildman–Crippen LogP) is 5.07. The zero-order chi connectivity index (χ0) is 23.9. The first kappa shape index (κ1) is 23.2. The van der Waals surface area contributed by atoms with Crippen LogP contribution in [-0.4, -0.2) is 38.8 Å². The first-order valence-electron chi connectivity index (χ1n) is 11.3. The lowest BCUT2D eigenvalue weighted by Crippen LogP contribution is -2.27. The lowest BCUT2D eigenvalue weighted by atomic mass is 9.88. The van der Waals surface area contributed by atoms with E-state index in [1.165, 1.54) is 0 Å². The predicted molar refractivity (Wildman–Crippen MR) is 134 cm³/mol. The molecular weight excluding hydrogens is 428 g/mol. The lowest BCUT2D eigenvalue weighted by molar-refractivity contribution is -0.121. The van der Waals surface area contributed by atoms with Gasteiger partial charge in [-0.25, -0.2) is 0 Å². The summed E-state index contributed by atoms with van der Waals surface area (Å²) in [5, 5.41) is 4.21. The summed E-state index contributed by atoms with van der Waals surface area (Å²) < 4.78 is 16.0. The molecule has 6 heteroatoms. The summed E-state index contributed by atoms with van der Waals surface area (Å²) in [4.78, 5) is 16.3. The molecule has 34 heavy (non-hydrogen) atoms. The number of ether oxygens (including phenoxy) is 3. The van der Waals surface area contributed by atoms with Gasteiger partial charge in [-0.3, -0.25) is 4.79 Å². The zero-order valence-corrected chi connectivity index (χ0v) is 19.8. The number of hydrogen-bond donors (Lipinski definition) is 2. The Balaban J connectivity index is 1.48. The minimum Gasteiger partial charge on any atom is -0.497 e. The van der Waals surface area contributed by atoms with Gasteiger partial charge in [0, 0.05) is 36.0 Å². The normalized spacial score (nSPS) is 11.7. The number of nitrogens with one attached hydrogen (secondary N) is 2. The van der Waals surface area contributed by atoms with Crippen molar-refractivity contribution in [2.45, 2.75) is 18.8 Å². The van der Waals surface area contributed by atoms with Crippen LogP contribution in [0.25, 0.3) is 10.9 Å². The molecule has 4 aromatic rings. The topological polar surface area (TPSA) is 72.6 Å². The van der Waals surface area contributed by atoms with Crippen molar-refractivity contribution in [1.82, 2.24) is 10.3 Å². The van der Waals surface area contributed by atoms with Crippen LogP contribution in [0.3, 0.4) is 0 Å². The van der Waals surface area contributed by atoms with Gasteiger partial charge < -0.3 is 24.5 Å². The second-order valence-electron chi connectivity index (χ2n) is 8.11. The number of aromatic nitrogens is 1. The number of fused-ring (bicyclic) bond motifs is 1. The van der Waals surface area contributed by atoms with Crippen molar-refractivity contribution in [3.63, 3.8) is 0 Å². The average Bonchev–Trinajstić information content (AvgIpc) is 3.31. The van der Waals surface area contributed by atoms with E-state index in [4.69, 9.17) is 14.2 Å². The Hall–Kier alpha value is -3.93. The Kier molecular flexibility index (Phi) is 7.38. The number of carbonyl (C=O) groups excluding carboxylic acids is 1. The van der Waals surface area contributed by atoms with Gasteiger partial charge in [0.15, 0.2) is 11.5 Å². The van der Waals surface area contributed by atoms with Gasteiger partial charge in [0.25, 0.3) is 0 Å². The average molecular weight is 459 g/mol. The summed E-state index contributed by atoms with van der Waals surface area (Å²) >= 11 is 0. The van der Waals surface area contributed by atoms with E-state index in [0.717, 1.165) is 33.3 Å². The molecule has 0 radical (unpaired) electrons. The van der Waals surface area contributed by atoms with Gasteiger partial charge in [0.1, 0.15) is 5.75 Å². The van der Waals surface area contributed by atoms with Crippen molar-refractivity contribution < 1.29 is 19.0 Å². The Bertz CT molecular complexity index is 1250. The van der Waals surface area contributed by atoms with Crippen molar-refractivity contribution in [2.24, 2.45) is 0 Å². The third-order valence-electron chi connectivity index (χ3n) is 6.09. The van der Waals surface area contributed by atoms with E-state index in [1.54, 1.807) is 21.3 Å². The molecule has 1 atom stereocenters. The van der Waals surface area contributed by atoms with E-state index in [9.17, 15) is 4.79 Å². The molecule has 4 rings (SSSR count). The van der Waals surface area contributed by atoms with Crippen LogP contribution in [-0.2, 0) is 11.2 Å². The van der Waals surface area contributed by atoms with Gasteiger partial charge >= 0.3 is 0 Å². The van der Waals surface area contributed by atoms with Crippen LogP contribution in [0.4, 0.5) is 0 Å². The van der Waals surface area contributed by atoms with E-state index in [1.807, 2.05) is 66.9 Å². The molecule has 0 fully saturated rings. The maximum Gasteiger partial charge on any atom is 0.220 e. The molecule has 3 aromatic carbocycles. The highest BCUT2D eigenvalue weighted by Crippen LogP contribution is 2.34. The van der Waals surface area contributed by atoms with Crippen LogP contribution >= 0.6 is 0 Å². The molecule has 6 nitrogen and oxygen atoms in total. The number of hydrogen-bond acceptors (Lipinski definition) is 4. The maximum absolute atomic E-state index is 13.0. The molecule has 176 valence electrons. The molecule has 0 aliphatic carbocycles. The Morgan fingerprint density at radius 1 is 0.912 bits per heavy atom. The SMILES string of the molecule is COc1ccc(C(CC(=O)NCCc2ccc(OC)c(OC)c2)c2c[nH]c3ccccc23)cc1.